The van der Waals surface area contributed by atoms with Crippen molar-refractivity contribution in [1.82, 2.24) is 20.4 Å². The molecule has 0 aromatic heterocycles. The quantitative estimate of drug-likeness (QED) is 0.563. The lowest BCUT2D eigenvalue weighted by atomic mass is 9.73. The summed E-state index contributed by atoms with van der Waals surface area (Å²) in [6.45, 7) is 15.3. The zero-order valence-corrected chi connectivity index (χ0v) is 22.1. The third-order valence-electron chi connectivity index (χ3n) is 10.5. The largest absolute Gasteiger partial charge is 0.310 e. The molecule has 9 atom stereocenters. The maximum Gasteiger partial charge on any atom is 0.0278 e. The van der Waals surface area contributed by atoms with Gasteiger partial charge in [0.05, 0.1) is 0 Å². The molecule has 188 valence electrons. The first-order chi connectivity index (χ1) is 15.9. The fourth-order valence-corrected chi connectivity index (χ4v) is 8.97. The molecular weight excluding hydrogens is 404 g/mol. The zero-order valence-electron chi connectivity index (χ0n) is 22.1. The van der Waals surface area contributed by atoms with Gasteiger partial charge in [-0.15, -0.1) is 0 Å². The first-order valence-corrected chi connectivity index (χ1v) is 14.9. The van der Waals surface area contributed by atoms with Crippen LogP contribution < -0.4 is 10.6 Å². The van der Waals surface area contributed by atoms with Crippen LogP contribution in [0.25, 0.3) is 0 Å². The lowest BCUT2D eigenvalue weighted by Gasteiger charge is -2.49. The number of rotatable bonds is 8. The molecule has 4 aliphatic carbocycles. The van der Waals surface area contributed by atoms with Crippen molar-refractivity contribution in [3.05, 3.63) is 0 Å². The molecule has 4 heteroatoms. The van der Waals surface area contributed by atoms with Gasteiger partial charge in [-0.1, -0.05) is 33.1 Å². The highest BCUT2D eigenvalue weighted by Crippen LogP contribution is 2.49. The fourth-order valence-electron chi connectivity index (χ4n) is 8.97. The van der Waals surface area contributed by atoms with Gasteiger partial charge in [-0.25, -0.2) is 0 Å². The molecule has 2 heterocycles. The molecule has 2 saturated heterocycles. The van der Waals surface area contributed by atoms with Gasteiger partial charge in [-0.3, -0.25) is 9.80 Å². The second kappa shape index (κ2) is 9.05. The monoisotopic (exact) mass is 456 g/mol. The summed E-state index contributed by atoms with van der Waals surface area (Å²) in [5.41, 5.74) is 0.230. The number of nitrogens with one attached hydrogen (secondary N) is 2. The normalized spacial score (nSPS) is 45.9. The molecule has 0 spiro atoms. The molecule has 0 bridgehead atoms. The molecule has 5 unspecified atom stereocenters. The Kier molecular flexibility index (Phi) is 6.38. The smallest absolute Gasteiger partial charge is 0.0278 e. The Morgan fingerprint density at radius 1 is 0.758 bits per heavy atom. The first-order valence-electron chi connectivity index (χ1n) is 14.9. The molecule has 33 heavy (non-hydrogen) atoms. The highest BCUT2D eigenvalue weighted by molar-refractivity contribution is 5.06. The lowest BCUT2D eigenvalue weighted by Crippen LogP contribution is -2.61. The van der Waals surface area contributed by atoms with Crippen molar-refractivity contribution in [2.45, 2.75) is 128 Å². The second-order valence-electron chi connectivity index (χ2n) is 14.2. The van der Waals surface area contributed by atoms with Crippen molar-refractivity contribution in [2.75, 3.05) is 26.2 Å². The summed E-state index contributed by atoms with van der Waals surface area (Å²) in [4.78, 5) is 5.84. The van der Waals surface area contributed by atoms with Crippen LogP contribution >= 0.6 is 0 Å². The van der Waals surface area contributed by atoms with E-state index in [1.165, 1.54) is 90.4 Å². The van der Waals surface area contributed by atoms with E-state index in [0.717, 1.165) is 41.7 Å². The van der Waals surface area contributed by atoms with Crippen molar-refractivity contribution in [1.29, 1.82) is 0 Å². The molecule has 6 fully saturated rings. The van der Waals surface area contributed by atoms with Crippen LogP contribution in [0.15, 0.2) is 0 Å². The number of nitrogens with zero attached hydrogens (tertiary/aromatic N) is 2. The van der Waals surface area contributed by atoms with Crippen LogP contribution in [0.4, 0.5) is 0 Å². The Morgan fingerprint density at radius 2 is 1.36 bits per heavy atom. The van der Waals surface area contributed by atoms with Crippen molar-refractivity contribution in [3.8, 4) is 0 Å². The minimum Gasteiger partial charge on any atom is -0.310 e. The molecule has 4 saturated carbocycles. The van der Waals surface area contributed by atoms with Crippen molar-refractivity contribution < 1.29 is 0 Å². The minimum absolute atomic E-state index is 0.230. The molecule has 0 radical (unpaired) electrons. The summed E-state index contributed by atoms with van der Waals surface area (Å²) < 4.78 is 0. The van der Waals surface area contributed by atoms with Gasteiger partial charge in [-0.2, -0.15) is 0 Å². The highest BCUT2D eigenvalue weighted by Gasteiger charge is 2.51. The van der Waals surface area contributed by atoms with E-state index < -0.39 is 0 Å². The molecule has 0 aromatic carbocycles. The van der Waals surface area contributed by atoms with Crippen LogP contribution in [0.3, 0.4) is 0 Å². The SMILES string of the molecule is CC(C)N[C@@H]1CCCC(CC(C)(C)N[C@H]2CCCC[C@@H]2N2CC3CC3C2)[C@H]1N1CC2CC2C1. The van der Waals surface area contributed by atoms with Crippen molar-refractivity contribution in [2.24, 2.45) is 29.6 Å². The predicted octanol–water partition coefficient (Wildman–Crippen LogP) is 4.49. The average Bonchev–Trinajstić information content (AvgIpc) is 3.59. The standard InChI is InChI=1S/C29H52N4/c1-19(2)30-26-10-7-8-20(28(26)33-17-23-13-24(23)18-33)14-29(3,4)31-25-9-5-6-11-27(25)32-15-21-12-22(21)16-32/h19-28,30-31H,5-18H2,1-4H3/t20?,21?,22?,23?,24?,25-,26+,27-,28+/m0/s1. The van der Waals surface area contributed by atoms with Crippen LogP contribution in [-0.4, -0.2) is 71.7 Å². The summed E-state index contributed by atoms with van der Waals surface area (Å²) >= 11 is 0. The van der Waals surface area contributed by atoms with Crippen LogP contribution in [0.5, 0.6) is 0 Å². The third-order valence-corrected chi connectivity index (χ3v) is 10.5. The van der Waals surface area contributed by atoms with Crippen LogP contribution in [0, 0.1) is 29.6 Å². The molecule has 0 amide bonds. The van der Waals surface area contributed by atoms with Gasteiger partial charge < -0.3 is 10.6 Å². The van der Waals surface area contributed by atoms with E-state index in [4.69, 9.17) is 0 Å². The average molecular weight is 457 g/mol. The molecule has 4 nitrogen and oxygen atoms in total. The van der Waals surface area contributed by atoms with Crippen LogP contribution in [0.1, 0.15) is 91.9 Å². The summed E-state index contributed by atoms with van der Waals surface area (Å²) in [5, 5.41) is 8.32. The number of piperidine rings is 2. The Balaban J connectivity index is 1.13. The van der Waals surface area contributed by atoms with Gasteiger partial charge in [0, 0.05) is 61.9 Å². The minimum atomic E-state index is 0.230. The van der Waals surface area contributed by atoms with Crippen LogP contribution in [-0.2, 0) is 0 Å². The first kappa shape index (κ1) is 23.3. The fraction of sp³-hybridized carbons (Fsp3) is 1.00. The van der Waals surface area contributed by atoms with Gasteiger partial charge in [0.1, 0.15) is 0 Å². The maximum absolute atomic E-state index is 4.30. The summed E-state index contributed by atoms with van der Waals surface area (Å²) in [6.07, 6.45) is 14.3. The molecule has 6 aliphatic rings. The van der Waals surface area contributed by atoms with Gasteiger partial charge in [0.25, 0.3) is 0 Å². The maximum atomic E-state index is 4.30. The topological polar surface area (TPSA) is 30.5 Å². The highest BCUT2D eigenvalue weighted by atomic mass is 15.3. The number of fused-ring (bicyclic) bond motifs is 2. The number of hydrogen-bond acceptors (Lipinski definition) is 4. The van der Waals surface area contributed by atoms with E-state index in [2.05, 4.69) is 48.1 Å². The lowest BCUT2D eigenvalue weighted by molar-refractivity contribution is 0.0530. The predicted molar refractivity (Wildman–Crippen MR) is 137 cm³/mol. The van der Waals surface area contributed by atoms with E-state index in [1.807, 2.05) is 0 Å². The van der Waals surface area contributed by atoms with E-state index in [-0.39, 0.29) is 5.54 Å². The molecular formula is C29H52N4. The summed E-state index contributed by atoms with van der Waals surface area (Å²) in [7, 11) is 0. The Labute approximate surface area is 204 Å². The van der Waals surface area contributed by atoms with E-state index in [0.29, 0.717) is 18.1 Å². The zero-order chi connectivity index (χ0) is 22.7. The Bertz CT molecular complexity index is 671. The number of hydrogen-bond donors (Lipinski definition) is 2. The Hall–Kier alpha value is -0.160. The molecule has 2 N–H and O–H groups in total. The Morgan fingerprint density at radius 3 is 2.03 bits per heavy atom. The van der Waals surface area contributed by atoms with E-state index in [9.17, 15) is 0 Å². The molecule has 2 aliphatic heterocycles. The van der Waals surface area contributed by atoms with E-state index in [1.54, 1.807) is 0 Å². The van der Waals surface area contributed by atoms with Crippen LogP contribution in [0.2, 0.25) is 0 Å². The van der Waals surface area contributed by atoms with Crippen molar-refractivity contribution >= 4 is 0 Å². The number of likely N-dealkylation sites (tertiary alicyclic amines) is 2. The summed E-state index contributed by atoms with van der Waals surface area (Å²) in [5.74, 6) is 5.01. The van der Waals surface area contributed by atoms with Crippen molar-refractivity contribution in [3.63, 3.8) is 0 Å². The summed E-state index contributed by atoms with van der Waals surface area (Å²) in [6, 6.07) is 3.54. The van der Waals surface area contributed by atoms with Gasteiger partial charge in [0.15, 0.2) is 0 Å². The van der Waals surface area contributed by atoms with Gasteiger partial charge in [-0.05, 0) is 88.4 Å². The molecule has 0 aromatic rings. The second-order valence-corrected chi connectivity index (χ2v) is 14.2. The van der Waals surface area contributed by atoms with Gasteiger partial charge >= 0.3 is 0 Å². The van der Waals surface area contributed by atoms with Gasteiger partial charge in [0.2, 0.25) is 0 Å². The third kappa shape index (κ3) is 5.06. The van der Waals surface area contributed by atoms with E-state index >= 15 is 0 Å². The molecule has 6 rings (SSSR count).